The Labute approximate surface area is 50.1 Å². The molecule has 0 aromatic carbocycles. The van der Waals surface area contributed by atoms with Gasteiger partial charge in [0.05, 0.1) is 6.26 Å². The van der Waals surface area contributed by atoms with E-state index in [4.69, 9.17) is 0 Å². The summed E-state index contributed by atoms with van der Waals surface area (Å²) >= 11 is 0. The molecule has 0 heterocycles. The van der Waals surface area contributed by atoms with Crippen molar-refractivity contribution in [2.75, 3.05) is 6.26 Å². The maximum absolute atomic E-state index is 10.3. The van der Waals surface area contributed by atoms with Gasteiger partial charge in [-0.2, -0.15) is 0 Å². The second kappa shape index (κ2) is 2.46. The lowest BCUT2D eigenvalue weighted by Crippen LogP contribution is -2.28. The molecule has 0 spiro atoms. The second-order valence-electron chi connectivity index (χ2n) is 2.04. The molecule has 8 heavy (non-hydrogen) atoms. The van der Waals surface area contributed by atoms with Gasteiger partial charge in [0, 0.05) is 6.04 Å². The van der Waals surface area contributed by atoms with E-state index < -0.39 is 10.0 Å². The standard InChI is InChI=1S/C4H11NO2S/c1-4(2)5-8(3,6)7/h4-5H,1-3H3. The minimum Gasteiger partial charge on any atom is -0.213 e. The SMILES string of the molecule is CC(C)NS(C)(=O)=O. The van der Waals surface area contributed by atoms with Gasteiger partial charge in [-0.3, -0.25) is 0 Å². The Morgan fingerprint density at radius 3 is 1.75 bits per heavy atom. The van der Waals surface area contributed by atoms with Crippen molar-refractivity contribution in [2.24, 2.45) is 0 Å². The average Bonchev–Trinajstić information content (AvgIpc) is 1.21. The van der Waals surface area contributed by atoms with Gasteiger partial charge in [0.1, 0.15) is 0 Å². The first-order valence-electron chi connectivity index (χ1n) is 2.39. The van der Waals surface area contributed by atoms with Crippen LogP contribution in [0.15, 0.2) is 0 Å². The summed E-state index contributed by atoms with van der Waals surface area (Å²) in [6.07, 6.45) is 1.15. The summed E-state index contributed by atoms with van der Waals surface area (Å²) in [7, 11) is -2.97. The fourth-order valence-corrected chi connectivity index (χ4v) is 1.28. The fourth-order valence-electron chi connectivity index (χ4n) is 0.428. The quantitative estimate of drug-likeness (QED) is 0.579. The molecule has 0 amide bonds. The fraction of sp³-hybridized carbons (Fsp3) is 1.00. The third kappa shape index (κ3) is 5.91. The molecule has 0 aliphatic carbocycles. The van der Waals surface area contributed by atoms with Crippen molar-refractivity contribution in [3.8, 4) is 0 Å². The van der Waals surface area contributed by atoms with Crippen LogP contribution in [0.4, 0.5) is 0 Å². The predicted octanol–water partition coefficient (Wildman–Crippen LogP) is -0.0560. The van der Waals surface area contributed by atoms with Crippen molar-refractivity contribution < 1.29 is 8.42 Å². The van der Waals surface area contributed by atoms with Gasteiger partial charge in [-0.15, -0.1) is 0 Å². The predicted molar refractivity (Wildman–Crippen MR) is 33.1 cm³/mol. The largest absolute Gasteiger partial charge is 0.213 e. The molecule has 0 aliphatic rings. The van der Waals surface area contributed by atoms with Crippen molar-refractivity contribution in [3.05, 3.63) is 0 Å². The van der Waals surface area contributed by atoms with Crippen LogP contribution in [0.2, 0.25) is 0 Å². The highest BCUT2D eigenvalue weighted by molar-refractivity contribution is 7.88. The molecule has 0 aromatic heterocycles. The highest BCUT2D eigenvalue weighted by Crippen LogP contribution is 1.79. The van der Waals surface area contributed by atoms with E-state index in [0.29, 0.717) is 0 Å². The molecule has 0 saturated carbocycles. The molecular formula is C4H11NO2S. The zero-order chi connectivity index (χ0) is 6.78. The van der Waals surface area contributed by atoms with Crippen LogP contribution >= 0.6 is 0 Å². The molecule has 0 atom stereocenters. The van der Waals surface area contributed by atoms with Crippen LogP contribution in [-0.4, -0.2) is 20.7 Å². The summed E-state index contributed by atoms with van der Waals surface area (Å²) in [5, 5.41) is 0. The van der Waals surface area contributed by atoms with E-state index in [1.54, 1.807) is 13.8 Å². The Hall–Kier alpha value is -0.0900. The third-order valence-corrected chi connectivity index (χ3v) is 1.35. The van der Waals surface area contributed by atoms with E-state index >= 15 is 0 Å². The van der Waals surface area contributed by atoms with E-state index in [1.807, 2.05) is 0 Å². The van der Waals surface area contributed by atoms with Crippen LogP contribution in [0.1, 0.15) is 13.8 Å². The lowest BCUT2D eigenvalue weighted by molar-refractivity contribution is 0.576. The number of hydrogen-bond donors (Lipinski definition) is 1. The molecule has 50 valence electrons. The summed E-state index contributed by atoms with van der Waals surface area (Å²) in [4.78, 5) is 0. The first kappa shape index (κ1) is 7.91. The Kier molecular flexibility index (Phi) is 2.43. The minimum atomic E-state index is -2.97. The summed E-state index contributed by atoms with van der Waals surface area (Å²) < 4.78 is 23.0. The Balaban J connectivity index is 3.75. The van der Waals surface area contributed by atoms with Crippen LogP contribution < -0.4 is 4.72 Å². The van der Waals surface area contributed by atoms with Gasteiger partial charge in [-0.05, 0) is 13.8 Å². The first-order chi connectivity index (χ1) is 3.42. The molecule has 0 rings (SSSR count). The lowest BCUT2D eigenvalue weighted by Gasteiger charge is -2.02. The van der Waals surface area contributed by atoms with Gasteiger partial charge in [-0.1, -0.05) is 0 Å². The summed E-state index contributed by atoms with van der Waals surface area (Å²) in [5.74, 6) is 0. The summed E-state index contributed by atoms with van der Waals surface area (Å²) in [6.45, 7) is 3.56. The van der Waals surface area contributed by atoms with E-state index in [2.05, 4.69) is 4.72 Å². The van der Waals surface area contributed by atoms with Crippen LogP contribution in [0, 0.1) is 0 Å². The zero-order valence-corrected chi connectivity index (χ0v) is 6.12. The Morgan fingerprint density at radius 2 is 1.75 bits per heavy atom. The van der Waals surface area contributed by atoms with Crippen molar-refractivity contribution in [3.63, 3.8) is 0 Å². The van der Waals surface area contributed by atoms with Crippen molar-refractivity contribution in [1.82, 2.24) is 4.72 Å². The first-order valence-corrected chi connectivity index (χ1v) is 4.28. The molecule has 0 unspecified atom stereocenters. The second-order valence-corrected chi connectivity index (χ2v) is 3.82. The topological polar surface area (TPSA) is 46.2 Å². The van der Waals surface area contributed by atoms with Gasteiger partial charge in [0.25, 0.3) is 0 Å². The molecule has 0 aliphatic heterocycles. The molecule has 3 nitrogen and oxygen atoms in total. The molecule has 4 heteroatoms. The van der Waals surface area contributed by atoms with Gasteiger partial charge in [0.2, 0.25) is 10.0 Å². The van der Waals surface area contributed by atoms with Crippen LogP contribution in [0.5, 0.6) is 0 Å². The number of rotatable bonds is 2. The summed E-state index contributed by atoms with van der Waals surface area (Å²) in [6, 6.07) is 0.00463. The van der Waals surface area contributed by atoms with E-state index in [1.165, 1.54) is 0 Å². The van der Waals surface area contributed by atoms with Gasteiger partial charge in [-0.25, -0.2) is 13.1 Å². The van der Waals surface area contributed by atoms with Crippen LogP contribution in [-0.2, 0) is 10.0 Å². The van der Waals surface area contributed by atoms with Gasteiger partial charge >= 0.3 is 0 Å². The van der Waals surface area contributed by atoms with E-state index in [9.17, 15) is 8.42 Å². The molecule has 0 radical (unpaired) electrons. The Bertz CT molecular complexity index is 147. The van der Waals surface area contributed by atoms with E-state index in [-0.39, 0.29) is 6.04 Å². The number of nitrogens with one attached hydrogen (secondary N) is 1. The third-order valence-electron chi connectivity index (χ3n) is 0.450. The summed E-state index contributed by atoms with van der Waals surface area (Å²) in [5.41, 5.74) is 0. The monoisotopic (exact) mass is 137 g/mol. The number of sulfonamides is 1. The Morgan fingerprint density at radius 1 is 1.38 bits per heavy atom. The highest BCUT2D eigenvalue weighted by Gasteiger charge is 2.00. The minimum absolute atomic E-state index is 0.00463. The van der Waals surface area contributed by atoms with Crippen molar-refractivity contribution >= 4 is 10.0 Å². The molecule has 0 fully saturated rings. The molecule has 1 N–H and O–H groups in total. The lowest BCUT2D eigenvalue weighted by atomic mass is 10.4. The molecular weight excluding hydrogens is 126 g/mol. The zero-order valence-electron chi connectivity index (χ0n) is 5.30. The highest BCUT2D eigenvalue weighted by atomic mass is 32.2. The molecule has 0 bridgehead atoms. The van der Waals surface area contributed by atoms with Crippen molar-refractivity contribution in [1.29, 1.82) is 0 Å². The van der Waals surface area contributed by atoms with Crippen molar-refractivity contribution in [2.45, 2.75) is 19.9 Å². The number of hydrogen-bond acceptors (Lipinski definition) is 2. The van der Waals surface area contributed by atoms with Crippen LogP contribution in [0.25, 0.3) is 0 Å². The maximum Gasteiger partial charge on any atom is 0.208 e. The van der Waals surface area contributed by atoms with Gasteiger partial charge < -0.3 is 0 Å². The van der Waals surface area contributed by atoms with Gasteiger partial charge in [0.15, 0.2) is 0 Å². The van der Waals surface area contributed by atoms with Crippen LogP contribution in [0.3, 0.4) is 0 Å². The van der Waals surface area contributed by atoms with E-state index in [0.717, 1.165) is 6.26 Å². The normalized spacial score (nSPS) is 12.5. The maximum atomic E-state index is 10.3. The molecule has 0 aromatic rings. The smallest absolute Gasteiger partial charge is 0.208 e. The molecule has 0 saturated heterocycles. The average molecular weight is 137 g/mol.